The third kappa shape index (κ3) is 8.88. The number of aliphatic carboxylic acids is 1. The topological polar surface area (TPSA) is 102 Å². The van der Waals surface area contributed by atoms with E-state index in [-0.39, 0.29) is 18.9 Å². The number of benzene rings is 1. The van der Waals surface area contributed by atoms with Crippen molar-refractivity contribution in [3.05, 3.63) is 24.3 Å². The lowest BCUT2D eigenvalue weighted by Gasteiger charge is -2.22. The minimum Gasteiger partial charge on any atom is -0.480 e. The van der Waals surface area contributed by atoms with Crippen LogP contribution in [0.2, 0.25) is 0 Å². The summed E-state index contributed by atoms with van der Waals surface area (Å²) in [6, 6.07) is 6.42. The molecule has 0 fully saturated rings. The molecule has 0 aromatic heterocycles. The lowest BCUT2D eigenvalue weighted by Crippen LogP contribution is -2.40. The molecule has 1 unspecified atom stereocenters. The van der Waals surface area contributed by atoms with Crippen LogP contribution in [0, 0.1) is 0 Å². The summed E-state index contributed by atoms with van der Waals surface area (Å²) in [5.74, 6) is -1.35. The summed E-state index contributed by atoms with van der Waals surface area (Å²) >= 11 is 0. The molecule has 0 radical (unpaired) electrons. The number of amides is 1. The molecule has 1 amide bonds. The quantitative estimate of drug-likeness (QED) is 0.370. The van der Waals surface area contributed by atoms with Crippen LogP contribution < -0.4 is 15.5 Å². The Hall–Kier alpha value is -2.12. The van der Waals surface area contributed by atoms with Crippen molar-refractivity contribution >= 4 is 23.3 Å². The normalized spacial score (nSPS) is 11.8. The molecule has 0 aliphatic heterocycles. The fourth-order valence-corrected chi connectivity index (χ4v) is 2.82. The largest absolute Gasteiger partial charge is 0.480 e. The van der Waals surface area contributed by atoms with E-state index in [1.54, 1.807) is 12.1 Å². The van der Waals surface area contributed by atoms with Crippen molar-refractivity contribution in [1.29, 1.82) is 0 Å². The number of nitrogens with one attached hydrogen (secondary N) is 2. The van der Waals surface area contributed by atoms with E-state index in [9.17, 15) is 14.7 Å². The van der Waals surface area contributed by atoms with Crippen molar-refractivity contribution in [1.82, 2.24) is 5.32 Å². The van der Waals surface area contributed by atoms with Gasteiger partial charge < -0.3 is 25.7 Å². The number of carboxylic acid groups (broad SMARTS) is 1. The number of rotatable bonds is 14. The van der Waals surface area contributed by atoms with Crippen LogP contribution in [0.5, 0.6) is 0 Å². The second-order valence-electron chi connectivity index (χ2n) is 6.51. The number of aliphatic hydroxyl groups excluding tert-OH is 1. The Kier molecular flexibility index (Phi) is 11.1. The number of hydrogen-bond donors (Lipinski definition) is 4. The van der Waals surface area contributed by atoms with E-state index in [2.05, 4.69) is 17.6 Å². The van der Waals surface area contributed by atoms with E-state index in [0.29, 0.717) is 18.8 Å². The molecule has 1 aromatic carbocycles. The van der Waals surface area contributed by atoms with Crippen LogP contribution >= 0.6 is 0 Å². The Labute approximate surface area is 161 Å². The van der Waals surface area contributed by atoms with Gasteiger partial charge >= 0.3 is 5.97 Å². The monoisotopic (exact) mass is 379 g/mol. The van der Waals surface area contributed by atoms with Gasteiger partial charge in [-0.2, -0.15) is 0 Å². The SMILES string of the molecule is CCCCCCNC(CC(=O)Nc1ccc(N(CC)CCO)cc1)C(=O)O. The maximum absolute atomic E-state index is 12.2. The van der Waals surface area contributed by atoms with Crippen molar-refractivity contribution < 1.29 is 19.8 Å². The third-order valence-corrected chi connectivity index (χ3v) is 4.38. The molecule has 0 saturated heterocycles. The van der Waals surface area contributed by atoms with Crippen molar-refractivity contribution in [2.75, 3.05) is 36.5 Å². The number of carbonyl (C=O) groups is 2. The number of carbonyl (C=O) groups excluding carboxylic acids is 1. The summed E-state index contributed by atoms with van der Waals surface area (Å²) in [6.07, 6.45) is 4.10. The lowest BCUT2D eigenvalue weighted by molar-refractivity contribution is -0.141. The van der Waals surface area contributed by atoms with Crippen LogP contribution in [0.1, 0.15) is 46.0 Å². The van der Waals surface area contributed by atoms with Crippen LogP contribution in [0.4, 0.5) is 11.4 Å². The molecule has 0 aliphatic rings. The van der Waals surface area contributed by atoms with Gasteiger partial charge in [-0.25, -0.2) is 0 Å². The van der Waals surface area contributed by atoms with E-state index < -0.39 is 12.0 Å². The van der Waals surface area contributed by atoms with Gasteiger partial charge in [-0.05, 0) is 44.2 Å². The number of unbranched alkanes of at least 4 members (excludes halogenated alkanes) is 3. The Morgan fingerprint density at radius 1 is 1.11 bits per heavy atom. The van der Waals surface area contributed by atoms with Crippen LogP contribution in [-0.2, 0) is 9.59 Å². The van der Waals surface area contributed by atoms with Crippen molar-refractivity contribution in [3.8, 4) is 0 Å². The number of anilines is 2. The molecule has 1 rings (SSSR count). The van der Waals surface area contributed by atoms with E-state index in [0.717, 1.165) is 37.9 Å². The summed E-state index contributed by atoms with van der Waals surface area (Å²) in [7, 11) is 0. The Balaban J connectivity index is 2.52. The van der Waals surface area contributed by atoms with E-state index in [1.165, 1.54) is 0 Å². The highest BCUT2D eigenvalue weighted by Crippen LogP contribution is 2.18. The molecule has 7 heteroatoms. The van der Waals surface area contributed by atoms with Crippen molar-refractivity contribution in [2.24, 2.45) is 0 Å². The van der Waals surface area contributed by atoms with Crippen LogP contribution in [0.3, 0.4) is 0 Å². The molecule has 152 valence electrons. The summed E-state index contributed by atoms with van der Waals surface area (Å²) in [4.78, 5) is 25.6. The molecule has 1 atom stereocenters. The Morgan fingerprint density at radius 2 is 1.81 bits per heavy atom. The van der Waals surface area contributed by atoms with E-state index >= 15 is 0 Å². The highest BCUT2D eigenvalue weighted by atomic mass is 16.4. The third-order valence-electron chi connectivity index (χ3n) is 4.38. The average Bonchev–Trinajstić information content (AvgIpc) is 2.65. The molecule has 4 N–H and O–H groups in total. The minimum absolute atomic E-state index is 0.0777. The van der Waals surface area contributed by atoms with Crippen LogP contribution in [0.25, 0.3) is 0 Å². The molecular weight excluding hydrogens is 346 g/mol. The fourth-order valence-electron chi connectivity index (χ4n) is 2.82. The summed E-state index contributed by atoms with van der Waals surface area (Å²) in [5.41, 5.74) is 1.58. The van der Waals surface area contributed by atoms with Gasteiger partial charge in [0.25, 0.3) is 0 Å². The van der Waals surface area contributed by atoms with Gasteiger partial charge in [-0.3, -0.25) is 9.59 Å². The molecule has 0 heterocycles. The first-order valence-corrected chi connectivity index (χ1v) is 9.73. The number of likely N-dealkylation sites (N-methyl/N-ethyl adjacent to an activating group) is 1. The summed E-state index contributed by atoms with van der Waals surface area (Å²) in [5, 5.41) is 24.1. The van der Waals surface area contributed by atoms with Crippen molar-refractivity contribution in [3.63, 3.8) is 0 Å². The fraction of sp³-hybridized carbons (Fsp3) is 0.600. The van der Waals surface area contributed by atoms with Gasteiger partial charge in [0.15, 0.2) is 0 Å². The van der Waals surface area contributed by atoms with Gasteiger partial charge in [0.1, 0.15) is 6.04 Å². The van der Waals surface area contributed by atoms with Crippen molar-refractivity contribution in [2.45, 2.75) is 52.0 Å². The Bertz CT molecular complexity index is 563. The predicted octanol–water partition coefficient (Wildman–Crippen LogP) is 2.46. The second-order valence-corrected chi connectivity index (χ2v) is 6.51. The van der Waals surface area contributed by atoms with Gasteiger partial charge in [-0.1, -0.05) is 26.2 Å². The number of carboxylic acids is 1. The van der Waals surface area contributed by atoms with E-state index in [1.807, 2.05) is 24.0 Å². The molecular formula is C20H33N3O4. The number of aliphatic hydroxyl groups is 1. The van der Waals surface area contributed by atoms with Crippen LogP contribution in [0.15, 0.2) is 24.3 Å². The van der Waals surface area contributed by atoms with Gasteiger partial charge in [0.2, 0.25) is 5.91 Å². The van der Waals surface area contributed by atoms with Gasteiger partial charge in [0.05, 0.1) is 13.0 Å². The Morgan fingerprint density at radius 3 is 2.37 bits per heavy atom. The summed E-state index contributed by atoms with van der Waals surface area (Å²) in [6.45, 7) is 6.12. The standard InChI is InChI=1S/C20H33N3O4/c1-3-5-6-7-12-21-18(20(26)27)15-19(25)22-16-8-10-17(11-9-16)23(4-2)13-14-24/h8-11,18,21,24H,3-7,12-15H2,1-2H3,(H,22,25)(H,26,27). The first kappa shape index (κ1) is 22.9. The smallest absolute Gasteiger partial charge is 0.321 e. The molecule has 1 aromatic rings. The van der Waals surface area contributed by atoms with Crippen LogP contribution in [-0.4, -0.2) is 54.4 Å². The highest BCUT2D eigenvalue weighted by Gasteiger charge is 2.20. The molecule has 0 saturated carbocycles. The highest BCUT2D eigenvalue weighted by molar-refractivity contribution is 5.94. The molecule has 0 spiro atoms. The molecule has 7 nitrogen and oxygen atoms in total. The van der Waals surface area contributed by atoms with Gasteiger partial charge in [0, 0.05) is 24.5 Å². The zero-order valence-corrected chi connectivity index (χ0v) is 16.4. The molecule has 0 bridgehead atoms. The minimum atomic E-state index is -1.02. The average molecular weight is 380 g/mol. The number of hydrogen-bond acceptors (Lipinski definition) is 5. The summed E-state index contributed by atoms with van der Waals surface area (Å²) < 4.78 is 0. The molecule has 27 heavy (non-hydrogen) atoms. The lowest BCUT2D eigenvalue weighted by atomic mass is 10.1. The maximum Gasteiger partial charge on any atom is 0.321 e. The maximum atomic E-state index is 12.2. The van der Waals surface area contributed by atoms with Gasteiger partial charge in [-0.15, -0.1) is 0 Å². The second kappa shape index (κ2) is 13.1. The first-order chi connectivity index (χ1) is 13.0. The first-order valence-electron chi connectivity index (χ1n) is 9.73. The molecule has 0 aliphatic carbocycles. The zero-order valence-electron chi connectivity index (χ0n) is 16.4. The number of nitrogens with zero attached hydrogens (tertiary/aromatic N) is 1. The van der Waals surface area contributed by atoms with E-state index in [4.69, 9.17) is 5.11 Å². The zero-order chi connectivity index (χ0) is 20.1. The predicted molar refractivity (Wildman–Crippen MR) is 108 cm³/mol.